The van der Waals surface area contributed by atoms with E-state index in [4.69, 9.17) is 4.74 Å². The number of sulfonamides is 1. The molecule has 1 saturated heterocycles. The summed E-state index contributed by atoms with van der Waals surface area (Å²) in [5.74, 6) is 0.725. The number of ether oxygens (including phenoxy) is 1. The number of methoxy groups -OCH3 is 1. The number of anilines is 1. The number of nitro benzene ring substituents is 1. The molecule has 0 spiro atoms. The van der Waals surface area contributed by atoms with Crippen molar-refractivity contribution < 1.29 is 18.1 Å². The largest absolute Gasteiger partial charge is 0.497 e. The maximum atomic E-state index is 12.9. The molecule has 0 bridgehead atoms. The molecule has 1 aliphatic rings. The molecule has 3 rings (SSSR count). The van der Waals surface area contributed by atoms with E-state index in [9.17, 15) is 18.5 Å². The molecule has 1 aliphatic heterocycles. The summed E-state index contributed by atoms with van der Waals surface area (Å²) in [6.45, 7) is 1.27. The highest BCUT2D eigenvalue weighted by Gasteiger charge is 2.28. The minimum atomic E-state index is -3.75. The van der Waals surface area contributed by atoms with Crippen LogP contribution in [0.15, 0.2) is 47.4 Å². The lowest BCUT2D eigenvalue weighted by Crippen LogP contribution is -2.32. The van der Waals surface area contributed by atoms with Crippen molar-refractivity contribution in [3.8, 4) is 5.75 Å². The summed E-state index contributed by atoms with van der Waals surface area (Å²) in [4.78, 5) is 11.0. The van der Waals surface area contributed by atoms with Crippen LogP contribution in [-0.4, -0.2) is 37.8 Å². The monoisotopic (exact) mass is 419 g/mol. The molecule has 8 nitrogen and oxygen atoms in total. The molecule has 1 fully saturated rings. The summed E-state index contributed by atoms with van der Waals surface area (Å²) in [6.07, 6.45) is 3.62. The lowest BCUT2D eigenvalue weighted by Gasteiger charge is -2.20. The first kappa shape index (κ1) is 21.1. The quantitative estimate of drug-likeness (QED) is 0.541. The third kappa shape index (κ3) is 5.04. The van der Waals surface area contributed by atoms with Gasteiger partial charge in [0.25, 0.3) is 5.69 Å². The number of benzene rings is 2. The highest BCUT2D eigenvalue weighted by Crippen LogP contribution is 2.30. The first-order valence-electron chi connectivity index (χ1n) is 9.57. The summed E-state index contributed by atoms with van der Waals surface area (Å²) in [5, 5.41) is 14.6. The Morgan fingerprint density at radius 2 is 1.72 bits per heavy atom. The van der Waals surface area contributed by atoms with Crippen LogP contribution in [0.25, 0.3) is 0 Å². The van der Waals surface area contributed by atoms with E-state index < -0.39 is 14.9 Å². The summed E-state index contributed by atoms with van der Waals surface area (Å²) in [7, 11) is -2.16. The number of rotatable bonds is 7. The highest BCUT2D eigenvalue weighted by molar-refractivity contribution is 7.89. The Morgan fingerprint density at radius 3 is 2.31 bits per heavy atom. The number of nitrogens with zero attached hydrogens (tertiary/aromatic N) is 2. The molecule has 9 heteroatoms. The molecule has 0 atom stereocenters. The van der Waals surface area contributed by atoms with Crippen LogP contribution >= 0.6 is 0 Å². The lowest BCUT2D eigenvalue weighted by atomic mass is 10.2. The van der Waals surface area contributed by atoms with Gasteiger partial charge in [0.1, 0.15) is 11.4 Å². The Labute approximate surface area is 170 Å². The van der Waals surface area contributed by atoms with Crippen LogP contribution < -0.4 is 10.1 Å². The van der Waals surface area contributed by atoms with Crippen LogP contribution in [0.4, 0.5) is 11.4 Å². The smallest absolute Gasteiger partial charge is 0.293 e. The van der Waals surface area contributed by atoms with E-state index >= 15 is 0 Å². The van der Waals surface area contributed by atoms with E-state index in [1.165, 1.54) is 16.4 Å². The highest BCUT2D eigenvalue weighted by atomic mass is 32.2. The van der Waals surface area contributed by atoms with Gasteiger partial charge in [-0.25, -0.2) is 8.42 Å². The maximum Gasteiger partial charge on any atom is 0.293 e. The van der Waals surface area contributed by atoms with Crippen LogP contribution in [0, 0.1) is 10.1 Å². The van der Waals surface area contributed by atoms with Crippen molar-refractivity contribution in [3.05, 3.63) is 58.1 Å². The van der Waals surface area contributed by atoms with Crippen molar-refractivity contribution in [1.29, 1.82) is 0 Å². The molecule has 0 aliphatic carbocycles. The van der Waals surface area contributed by atoms with Gasteiger partial charge in [-0.1, -0.05) is 25.0 Å². The summed E-state index contributed by atoms with van der Waals surface area (Å²) in [5.41, 5.74) is 0.941. The summed E-state index contributed by atoms with van der Waals surface area (Å²) < 4.78 is 32.4. The second-order valence-corrected chi connectivity index (χ2v) is 8.89. The van der Waals surface area contributed by atoms with Crippen LogP contribution in [-0.2, 0) is 16.6 Å². The van der Waals surface area contributed by atoms with Crippen LogP contribution in [0.2, 0.25) is 0 Å². The Hall–Kier alpha value is -2.65. The molecule has 0 radical (unpaired) electrons. The normalized spacial score (nSPS) is 15.5. The van der Waals surface area contributed by atoms with Gasteiger partial charge in [0.05, 0.1) is 16.9 Å². The van der Waals surface area contributed by atoms with Crippen LogP contribution in [0.5, 0.6) is 5.75 Å². The average Bonchev–Trinajstić information content (AvgIpc) is 3.02. The fourth-order valence-electron chi connectivity index (χ4n) is 3.34. The average molecular weight is 420 g/mol. The predicted octanol–water partition coefficient (Wildman–Crippen LogP) is 3.78. The Bertz CT molecular complexity index is 953. The second kappa shape index (κ2) is 9.23. The van der Waals surface area contributed by atoms with Gasteiger partial charge in [-0.15, -0.1) is 0 Å². The fraction of sp³-hybridized carbons (Fsp3) is 0.400. The van der Waals surface area contributed by atoms with E-state index in [0.717, 1.165) is 43.1 Å². The van der Waals surface area contributed by atoms with E-state index in [2.05, 4.69) is 5.32 Å². The zero-order valence-corrected chi connectivity index (χ0v) is 17.2. The van der Waals surface area contributed by atoms with Crippen molar-refractivity contribution in [1.82, 2.24) is 4.31 Å². The first-order valence-corrected chi connectivity index (χ1v) is 11.0. The van der Waals surface area contributed by atoms with Gasteiger partial charge in [-0.3, -0.25) is 10.1 Å². The molecule has 0 aromatic heterocycles. The van der Waals surface area contributed by atoms with E-state index in [-0.39, 0.29) is 16.3 Å². The van der Waals surface area contributed by atoms with Gasteiger partial charge in [-0.05, 0) is 42.7 Å². The number of hydrogen-bond donors (Lipinski definition) is 1. The summed E-state index contributed by atoms with van der Waals surface area (Å²) >= 11 is 0. The minimum absolute atomic E-state index is 0.0407. The van der Waals surface area contributed by atoms with Gasteiger partial charge < -0.3 is 10.1 Å². The predicted molar refractivity (Wildman–Crippen MR) is 111 cm³/mol. The lowest BCUT2D eigenvalue weighted by molar-refractivity contribution is -0.384. The van der Waals surface area contributed by atoms with Crippen molar-refractivity contribution in [2.75, 3.05) is 25.5 Å². The van der Waals surface area contributed by atoms with Gasteiger partial charge in [0.15, 0.2) is 0 Å². The van der Waals surface area contributed by atoms with Crippen LogP contribution in [0.3, 0.4) is 0 Å². The molecule has 0 amide bonds. The Kier molecular flexibility index (Phi) is 6.71. The Morgan fingerprint density at radius 1 is 1.07 bits per heavy atom. The van der Waals surface area contributed by atoms with Gasteiger partial charge in [-0.2, -0.15) is 4.31 Å². The van der Waals surface area contributed by atoms with E-state index in [0.29, 0.717) is 19.6 Å². The topological polar surface area (TPSA) is 102 Å². The molecule has 29 heavy (non-hydrogen) atoms. The molecule has 1 heterocycles. The van der Waals surface area contributed by atoms with Crippen LogP contribution in [0.1, 0.15) is 31.2 Å². The molecule has 0 unspecified atom stereocenters. The zero-order valence-electron chi connectivity index (χ0n) is 16.3. The zero-order chi connectivity index (χ0) is 20.9. The number of nitrogens with one attached hydrogen (secondary N) is 1. The van der Waals surface area contributed by atoms with E-state index in [1.807, 2.05) is 24.3 Å². The SMILES string of the molecule is COc1ccc(CNc2ccc(S(=O)(=O)N3CCCCCC3)cc2[N+](=O)[O-])cc1. The van der Waals surface area contributed by atoms with Gasteiger partial charge in [0, 0.05) is 25.7 Å². The van der Waals surface area contributed by atoms with Crippen molar-refractivity contribution >= 4 is 21.4 Å². The van der Waals surface area contributed by atoms with Crippen molar-refractivity contribution in [3.63, 3.8) is 0 Å². The molecule has 2 aromatic carbocycles. The molecule has 2 aromatic rings. The second-order valence-electron chi connectivity index (χ2n) is 6.96. The third-order valence-electron chi connectivity index (χ3n) is 5.01. The van der Waals surface area contributed by atoms with Gasteiger partial charge in [0.2, 0.25) is 10.0 Å². The minimum Gasteiger partial charge on any atom is -0.497 e. The van der Waals surface area contributed by atoms with Gasteiger partial charge >= 0.3 is 0 Å². The third-order valence-corrected chi connectivity index (χ3v) is 6.91. The summed E-state index contributed by atoms with van der Waals surface area (Å²) in [6, 6.07) is 11.4. The number of nitro groups is 1. The van der Waals surface area contributed by atoms with Crippen molar-refractivity contribution in [2.45, 2.75) is 37.1 Å². The van der Waals surface area contributed by atoms with Crippen molar-refractivity contribution in [2.24, 2.45) is 0 Å². The maximum absolute atomic E-state index is 12.9. The molecule has 1 N–H and O–H groups in total. The molecule has 0 saturated carbocycles. The molecular weight excluding hydrogens is 394 g/mol. The first-order chi connectivity index (χ1) is 13.9. The number of hydrogen-bond acceptors (Lipinski definition) is 6. The Balaban J connectivity index is 1.81. The molecular formula is C20H25N3O5S. The standard InChI is InChI=1S/C20H25N3O5S/c1-28-17-8-6-16(7-9-17)15-21-19-11-10-18(14-20(19)23(24)25)29(26,27)22-12-4-2-3-5-13-22/h6-11,14,21H,2-5,12-13,15H2,1H3. The fourth-order valence-corrected chi connectivity index (χ4v) is 4.88. The molecule has 156 valence electrons. The van der Waals surface area contributed by atoms with E-state index in [1.54, 1.807) is 7.11 Å².